The van der Waals surface area contributed by atoms with Crippen LogP contribution < -0.4 is 25.0 Å². The highest BCUT2D eigenvalue weighted by Gasteiger charge is 2.24. The topological polar surface area (TPSA) is 71.5 Å². The number of aromatic nitrogens is 2. The molecule has 0 aliphatic heterocycles. The molecule has 0 bridgehead atoms. The number of benzene rings is 1. The van der Waals surface area contributed by atoms with Gasteiger partial charge in [0.2, 0.25) is 5.95 Å². The first kappa shape index (κ1) is 23.6. The van der Waals surface area contributed by atoms with Gasteiger partial charge in [0.25, 0.3) is 0 Å². The van der Waals surface area contributed by atoms with Gasteiger partial charge in [0.15, 0.2) is 0 Å². The Labute approximate surface area is 198 Å². The van der Waals surface area contributed by atoms with E-state index in [1.54, 1.807) is 14.2 Å². The fourth-order valence-electron chi connectivity index (χ4n) is 5.11. The Hall–Kier alpha value is -2.54. The lowest BCUT2D eigenvalue weighted by Crippen LogP contribution is -2.32. The molecular weight excluding hydrogens is 414 g/mol. The first-order chi connectivity index (χ1) is 16.1. The van der Waals surface area contributed by atoms with E-state index in [2.05, 4.69) is 35.7 Å². The fraction of sp³-hybridized carbons (Fsp3) is 0.615. The predicted molar refractivity (Wildman–Crippen MR) is 134 cm³/mol. The zero-order valence-corrected chi connectivity index (χ0v) is 20.6. The number of nitrogens with one attached hydrogen (secondary N) is 2. The third-order valence-corrected chi connectivity index (χ3v) is 7.01. The van der Waals surface area contributed by atoms with E-state index >= 15 is 0 Å². The summed E-state index contributed by atoms with van der Waals surface area (Å²) in [6, 6.07) is 6.46. The highest BCUT2D eigenvalue weighted by atomic mass is 16.5. The lowest BCUT2D eigenvalue weighted by atomic mass is 9.86. The number of hydrogen-bond donors (Lipinski definition) is 2. The van der Waals surface area contributed by atoms with Crippen LogP contribution in [0.5, 0.6) is 11.5 Å². The summed E-state index contributed by atoms with van der Waals surface area (Å²) in [7, 11) is 7.55. The van der Waals surface area contributed by atoms with Gasteiger partial charge >= 0.3 is 0 Å². The molecule has 0 radical (unpaired) electrons. The molecule has 2 aromatic rings. The molecule has 180 valence electrons. The second-order valence-electron chi connectivity index (χ2n) is 9.57. The summed E-state index contributed by atoms with van der Waals surface area (Å²) in [5.41, 5.74) is 3.75. The van der Waals surface area contributed by atoms with Crippen LogP contribution in [0.4, 0.5) is 11.8 Å². The predicted octanol–water partition coefficient (Wildman–Crippen LogP) is 4.20. The van der Waals surface area contributed by atoms with Crippen LogP contribution in [0.1, 0.15) is 55.3 Å². The molecule has 7 nitrogen and oxygen atoms in total. The maximum atomic E-state index is 5.52. The summed E-state index contributed by atoms with van der Waals surface area (Å²) in [5, 5.41) is 7.29. The van der Waals surface area contributed by atoms with Crippen LogP contribution in [0.2, 0.25) is 0 Å². The number of ether oxygens (including phenoxy) is 2. The van der Waals surface area contributed by atoms with Crippen molar-refractivity contribution in [3.8, 4) is 11.5 Å². The molecule has 2 aliphatic rings. The number of aryl methyl sites for hydroxylation is 1. The molecule has 2 N–H and O–H groups in total. The second-order valence-corrected chi connectivity index (χ2v) is 9.57. The molecule has 1 aromatic carbocycles. The molecule has 7 heteroatoms. The molecule has 2 aliphatic carbocycles. The van der Waals surface area contributed by atoms with Crippen molar-refractivity contribution < 1.29 is 9.47 Å². The zero-order valence-electron chi connectivity index (χ0n) is 20.6. The monoisotopic (exact) mass is 453 g/mol. The molecule has 0 saturated heterocycles. The van der Waals surface area contributed by atoms with Gasteiger partial charge in [-0.2, -0.15) is 4.98 Å². The quantitative estimate of drug-likeness (QED) is 0.590. The summed E-state index contributed by atoms with van der Waals surface area (Å²) in [4.78, 5) is 11.9. The van der Waals surface area contributed by atoms with Crippen LogP contribution in [0.15, 0.2) is 18.2 Å². The van der Waals surface area contributed by atoms with E-state index in [0.717, 1.165) is 67.6 Å². The standard InChI is InChI=1S/C26H39N5O2/c1-31(2)25-22-7-5-6-8-23(22)29-26(30-25)28-20-12-9-18(10-13-20)16-27-17-19-11-14-21(32-3)15-24(19)33-4/h11,14-15,18,20,27H,5-10,12-13,16-17H2,1-4H3,(H,28,29,30). The Kier molecular flexibility index (Phi) is 7.91. The normalized spacial score (nSPS) is 20.1. The van der Waals surface area contributed by atoms with Gasteiger partial charge in [-0.1, -0.05) is 6.07 Å². The number of nitrogens with zero attached hydrogens (tertiary/aromatic N) is 3. The molecule has 0 atom stereocenters. The highest BCUT2D eigenvalue weighted by Crippen LogP contribution is 2.30. The van der Waals surface area contributed by atoms with Gasteiger partial charge < -0.3 is 25.0 Å². The van der Waals surface area contributed by atoms with E-state index in [4.69, 9.17) is 19.4 Å². The first-order valence-corrected chi connectivity index (χ1v) is 12.3. The maximum absolute atomic E-state index is 5.52. The lowest BCUT2D eigenvalue weighted by molar-refractivity contribution is 0.322. The summed E-state index contributed by atoms with van der Waals surface area (Å²) in [6.07, 6.45) is 9.41. The molecule has 0 unspecified atom stereocenters. The number of hydrogen-bond acceptors (Lipinski definition) is 7. The third kappa shape index (κ3) is 5.88. The molecule has 1 fully saturated rings. The first-order valence-electron chi connectivity index (χ1n) is 12.3. The van der Waals surface area contributed by atoms with E-state index in [1.807, 2.05) is 12.1 Å². The largest absolute Gasteiger partial charge is 0.497 e. The van der Waals surface area contributed by atoms with Gasteiger partial charge in [-0.3, -0.25) is 0 Å². The molecule has 1 saturated carbocycles. The van der Waals surface area contributed by atoms with Gasteiger partial charge in [0.05, 0.1) is 19.9 Å². The van der Waals surface area contributed by atoms with E-state index < -0.39 is 0 Å². The van der Waals surface area contributed by atoms with E-state index in [0.29, 0.717) is 12.0 Å². The van der Waals surface area contributed by atoms with Crippen molar-refractivity contribution in [1.29, 1.82) is 0 Å². The Balaban J connectivity index is 1.26. The second kappa shape index (κ2) is 11.1. The van der Waals surface area contributed by atoms with Gasteiger partial charge in [-0.25, -0.2) is 4.98 Å². The SMILES string of the molecule is COc1ccc(CNCC2CCC(Nc3nc4c(c(N(C)C)n3)CCCC4)CC2)c(OC)c1. The smallest absolute Gasteiger partial charge is 0.225 e. The lowest BCUT2D eigenvalue weighted by Gasteiger charge is -2.30. The summed E-state index contributed by atoms with van der Waals surface area (Å²) in [6.45, 7) is 1.84. The minimum atomic E-state index is 0.458. The van der Waals surface area contributed by atoms with Crippen molar-refractivity contribution in [3.05, 3.63) is 35.0 Å². The van der Waals surface area contributed by atoms with E-state index in [9.17, 15) is 0 Å². The summed E-state index contributed by atoms with van der Waals surface area (Å²) < 4.78 is 10.8. The van der Waals surface area contributed by atoms with Gasteiger partial charge in [-0.15, -0.1) is 0 Å². The van der Waals surface area contributed by atoms with Gasteiger partial charge in [-0.05, 0) is 69.9 Å². The Bertz CT molecular complexity index is 925. The Morgan fingerprint density at radius 3 is 2.52 bits per heavy atom. The average molecular weight is 454 g/mol. The fourth-order valence-corrected chi connectivity index (χ4v) is 5.11. The molecule has 33 heavy (non-hydrogen) atoms. The van der Waals surface area contributed by atoms with Crippen LogP contribution >= 0.6 is 0 Å². The third-order valence-electron chi connectivity index (χ3n) is 7.01. The van der Waals surface area contributed by atoms with Crippen molar-refractivity contribution in [2.75, 3.05) is 45.1 Å². The molecule has 1 aromatic heterocycles. The minimum absolute atomic E-state index is 0.458. The van der Waals surface area contributed by atoms with Crippen LogP contribution in [0.3, 0.4) is 0 Å². The van der Waals surface area contributed by atoms with Crippen molar-refractivity contribution in [3.63, 3.8) is 0 Å². The molecule has 0 amide bonds. The molecule has 1 heterocycles. The van der Waals surface area contributed by atoms with Crippen LogP contribution in [0, 0.1) is 5.92 Å². The van der Waals surface area contributed by atoms with Crippen molar-refractivity contribution >= 4 is 11.8 Å². The maximum Gasteiger partial charge on any atom is 0.225 e. The van der Waals surface area contributed by atoms with Gasteiger partial charge in [0.1, 0.15) is 17.3 Å². The molecule has 4 rings (SSSR count). The highest BCUT2D eigenvalue weighted by molar-refractivity contribution is 5.53. The van der Waals surface area contributed by atoms with E-state index in [-0.39, 0.29) is 0 Å². The minimum Gasteiger partial charge on any atom is -0.497 e. The van der Waals surface area contributed by atoms with Crippen LogP contribution in [0.25, 0.3) is 0 Å². The average Bonchev–Trinajstić information content (AvgIpc) is 2.84. The van der Waals surface area contributed by atoms with Crippen molar-refractivity contribution in [2.24, 2.45) is 5.92 Å². The van der Waals surface area contributed by atoms with Gasteiger partial charge in [0, 0.05) is 43.9 Å². The summed E-state index contributed by atoms with van der Waals surface area (Å²) >= 11 is 0. The van der Waals surface area contributed by atoms with Crippen molar-refractivity contribution in [1.82, 2.24) is 15.3 Å². The number of rotatable bonds is 9. The Morgan fingerprint density at radius 2 is 1.79 bits per heavy atom. The molecular formula is C26H39N5O2. The number of anilines is 2. The molecule has 0 spiro atoms. The zero-order chi connectivity index (χ0) is 23.2. The number of methoxy groups -OCH3 is 2. The van der Waals surface area contributed by atoms with Crippen LogP contribution in [-0.2, 0) is 19.4 Å². The van der Waals surface area contributed by atoms with Crippen LogP contribution in [-0.4, -0.2) is 50.9 Å². The number of fused-ring (bicyclic) bond motifs is 1. The van der Waals surface area contributed by atoms with Crippen molar-refractivity contribution in [2.45, 2.75) is 64.0 Å². The van der Waals surface area contributed by atoms with E-state index in [1.165, 1.54) is 36.9 Å². The Morgan fingerprint density at radius 1 is 1.00 bits per heavy atom. The summed E-state index contributed by atoms with van der Waals surface area (Å²) in [5.74, 6) is 4.30.